The van der Waals surface area contributed by atoms with E-state index in [2.05, 4.69) is 49.0 Å². The fourth-order valence-corrected chi connectivity index (χ4v) is 4.29. The zero-order valence-corrected chi connectivity index (χ0v) is 13.3. The van der Waals surface area contributed by atoms with Crippen molar-refractivity contribution in [3.8, 4) is 0 Å². The Morgan fingerprint density at radius 1 is 1.44 bits per heavy atom. The minimum absolute atomic E-state index is 0.488. The van der Waals surface area contributed by atoms with Crippen molar-refractivity contribution >= 4 is 24.0 Å². The van der Waals surface area contributed by atoms with E-state index in [1.807, 2.05) is 11.3 Å². The SMILES string of the molecule is CC(Cc1cccs1)N(C)CC1(CS)CCCC1. The lowest BCUT2D eigenvalue weighted by molar-refractivity contribution is 0.162. The van der Waals surface area contributed by atoms with Gasteiger partial charge in [0, 0.05) is 17.5 Å². The maximum Gasteiger partial charge on any atom is 0.0112 e. The zero-order valence-electron chi connectivity index (χ0n) is 11.6. The Hall–Kier alpha value is 0.01000. The van der Waals surface area contributed by atoms with E-state index < -0.39 is 0 Å². The van der Waals surface area contributed by atoms with E-state index in [1.54, 1.807) is 0 Å². The first-order valence-electron chi connectivity index (χ1n) is 6.99. The number of likely N-dealkylation sites (N-methyl/N-ethyl adjacent to an activating group) is 1. The largest absolute Gasteiger partial charge is 0.303 e. The second-order valence-corrected chi connectivity index (χ2v) is 7.26. The lowest BCUT2D eigenvalue weighted by atomic mass is 9.87. The lowest BCUT2D eigenvalue weighted by Crippen LogP contribution is -2.40. The molecule has 1 saturated carbocycles. The Kier molecular flexibility index (Phi) is 5.16. The molecule has 1 aliphatic rings. The highest BCUT2D eigenvalue weighted by Gasteiger charge is 2.34. The van der Waals surface area contributed by atoms with Crippen molar-refractivity contribution in [2.75, 3.05) is 19.3 Å². The average molecular weight is 284 g/mol. The second kappa shape index (κ2) is 6.44. The van der Waals surface area contributed by atoms with Gasteiger partial charge < -0.3 is 4.90 Å². The molecule has 1 unspecified atom stereocenters. The molecule has 102 valence electrons. The van der Waals surface area contributed by atoms with Gasteiger partial charge in [-0.3, -0.25) is 0 Å². The van der Waals surface area contributed by atoms with Crippen LogP contribution in [0.4, 0.5) is 0 Å². The monoisotopic (exact) mass is 283 g/mol. The van der Waals surface area contributed by atoms with Crippen LogP contribution in [0, 0.1) is 5.41 Å². The molecule has 1 nitrogen and oxygen atoms in total. The van der Waals surface area contributed by atoms with Crippen LogP contribution in [-0.2, 0) is 6.42 Å². The Morgan fingerprint density at radius 2 is 2.17 bits per heavy atom. The number of nitrogens with zero attached hydrogens (tertiary/aromatic N) is 1. The number of hydrogen-bond donors (Lipinski definition) is 1. The first-order valence-corrected chi connectivity index (χ1v) is 8.50. The van der Waals surface area contributed by atoms with Crippen molar-refractivity contribution < 1.29 is 0 Å². The van der Waals surface area contributed by atoms with E-state index in [4.69, 9.17) is 0 Å². The predicted octanol–water partition coefficient (Wildman–Crippen LogP) is 4.10. The molecule has 0 aliphatic heterocycles. The summed E-state index contributed by atoms with van der Waals surface area (Å²) in [5, 5.41) is 2.17. The third-order valence-electron chi connectivity index (χ3n) is 4.41. The lowest BCUT2D eigenvalue weighted by Gasteiger charge is -2.35. The van der Waals surface area contributed by atoms with Gasteiger partial charge in [-0.15, -0.1) is 11.3 Å². The molecule has 0 aromatic carbocycles. The summed E-state index contributed by atoms with van der Waals surface area (Å²) in [7, 11) is 2.28. The van der Waals surface area contributed by atoms with Gasteiger partial charge in [0.05, 0.1) is 0 Å². The number of rotatable bonds is 6. The smallest absolute Gasteiger partial charge is 0.0112 e. The van der Waals surface area contributed by atoms with Crippen molar-refractivity contribution in [1.29, 1.82) is 0 Å². The molecule has 0 N–H and O–H groups in total. The van der Waals surface area contributed by atoms with Crippen LogP contribution in [0.25, 0.3) is 0 Å². The minimum atomic E-state index is 0.488. The summed E-state index contributed by atoms with van der Waals surface area (Å²) >= 11 is 6.48. The van der Waals surface area contributed by atoms with Crippen molar-refractivity contribution in [1.82, 2.24) is 4.90 Å². The van der Waals surface area contributed by atoms with Gasteiger partial charge in [0.25, 0.3) is 0 Å². The van der Waals surface area contributed by atoms with Crippen LogP contribution in [0.1, 0.15) is 37.5 Å². The quantitative estimate of drug-likeness (QED) is 0.769. The zero-order chi connectivity index (χ0) is 13.0. The van der Waals surface area contributed by atoms with Gasteiger partial charge in [0.15, 0.2) is 0 Å². The van der Waals surface area contributed by atoms with Gasteiger partial charge in [-0.05, 0) is 55.8 Å². The molecule has 3 heteroatoms. The first-order chi connectivity index (χ1) is 8.65. The van der Waals surface area contributed by atoms with Gasteiger partial charge in [-0.25, -0.2) is 0 Å². The summed E-state index contributed by atoms with van der Waals surface area (Å²) in [5.41, 5.74) is 0.488. The Morgan fingerprint density at radius 3 is 2.72 bits per heavy atom. The van der Waals surface area contributed by atoms with E-state index >= 15 is 0 Å². The fraction of sp³-hybridized carbons (Fsp3) is 0.733. The van der Waals surface area contributed by atoms with Crippen LogP contribution in [0.2, 0.25) is 0 Å². The fourth-order valence-electron chi connectivity index (χ4n) is 3.05. The molecular weight excluding hydrogens is 258 g/mol. The van der Waals surface area contributed by atoms with Gasteiger partial charge in [-0.2, -0.15) is 12.6 Å². The molecule has 2 rings (SSSR count). The summed E-state index contributed by atoms with van der Waals surface area (Å²) in [5.74, 6) is 1.04. The summed E-state index contributed by atoms with van der Waals surface area (Å²) in [4.78, 5) is 4.04. The highest BCUT2D eigenvalue weighted by Crippen LogP contribution is 2.39. The highest BCUT2D eigenvalue weighted by molar-refractivity contribution is 7.80. The third kappa shape index (κ3) is 3.52. The predicted molar refractivity (Wildman–Crippen MR) is 84.9 cm³/mol. The molecule has 1 atom stereocenters. The Balaban J connectivity index is 1.88. The summed E-state index contributed by atoms with van der Waals surface area (Å²) in [6, 6.07) is 5.03. The number of hydrogen-bond acceptors (Lipinski definition) is 3. The molecule has 1 aliphatic carbocycles. The Bertz CT molecular complexity index is 341. The van der Waals surface area contributed by atoms with E-state index in [0.717, 1.165) is 5.75 Å². The molecular formula is C15H25NS2. The first kappa shape index (κ1) is 14.4. The summed E-state index contributed by atoms with van der Waals surface area (Å²) in [6.45, 7) is 3.56. The summed E-state index contributed by atoms with van der Waals surface area (Å²) < 4.78 is 0. The maximum atomic E-state index is 4.61. The molecule has 1 aromatic heterocycles. The van der Waals surface area contributed by atoms with Crippen LogP contribution >= 0.6 is 24.0 Å². The molecule has 0 saturated heterocycles. The van der Waals surface area contributed by atoms with E-state index in [1.165, 1.54) is 43.5 Å². The van der Waals surface area contributed by atoms with Crippen LogP contribution in [0.15, 0.2) is 17.5 Å². The molecule has 1 aromatic rings. The van der Waals surface area contributed by atoms with E-state index in [9.17, 15) is 0 Å². The normalized spacial score (nSPS) is 20.4. The molecule has 1 fully saturated rings. The van der Waals surface area contributed by atoms with Crippen molar-refractivity contribution in [3.05, 3.63) is 22.4 Å². The topological polar surface area (TPSA) is 3.24 Å². The van der Waals surface area contributed by atoms with Crippen molar-refractivity contribution in [2.24, 2.45) is 5.41 Å². The molecule has 18 heavy (non-hydrogen) atoms. The summed E-state index contributed by atoms with van der Waals surface area (Å²) in [6.07, 6.45) is 6.71. The van der Waals surface area contributed by atoms with Crippen molar-refractivity contribution in [2.45, 2.75) is 45.1 Å². The number of thiophene rings is 1. The second-order valence-electron chi connectivity index (χ2n) is 5.91. The van der Waals surface area contributed by atoms with Crippen LogP contribution < -0.4 is 0 Å². The number of thiol groups is 1. The average Bonchev–Trinajstić information content (AvgIpc) is 3.01. The Labute approximate surface area is 121 Å². The van der Waals surface area contributed by atoms with Gasteiger partial charge >= 0.3 is 0 Å². The maximum absolute atomic E-state index is 4.61. The molecule has 0 spiro atoms. The van der Waals surface area contributed by atoms with E-state index in [0.29, 0.717) is 11.5 Å². The highest BCUT2D eigenvalue weighted by atomic mass is 32.1. The molecule has 0 amide bonds. The standard InChI is InChI=1S/C15H25NS2/c1-13(10-14-6-5-9-18-14)16(2)11-15(12-17)7-3-4-8-15/h5-6,9,13,17H,3-4,7-8,10-12H2,1-2H3. The van der Waals surface area contributed by atoms with E-state index in [-0.39, 0.29) is 0 Å². The molecule has 1 heterocycles. The minimum Gasteiger partial charge on any atom is -0.303 e. The molecule has 0 bridgehead atoms. The van der Waals surface area contributed by atoms with Gasteiger partial charge in [0.2, 0.25) is 0 Å². The van der Waals surface area contributed by atoms with Crippen LogP contribution in [0.3, 0.4) is 0 Å². The third-order valence-corrected chi connectivity index (χ3v) is 5.98. The van der Waals surface area contributed by atoms with Crippen molar-refractivity contribution in [3.63, 3.8) is 0 Å². The molecule has 0 radical (unpaired) electrons. The van der Waals surface area contributed by atoms with Crippen LogP contribution in [0.5, 0.6) is 0 Å². The van der Waals surface area contributed by atoms with Gasteiger partial charge in [-0.1, -0.05) is 18.9 Å². The van der Waals surface area contributed by atoms with Crippen LogP contribution in [-0.4, -0.2) is 30.3 Å². The van der Waals surface area contributed by atoms with Gasteiger partial charge in [0.1, 0.15) is 0 Å².